The van der Waals surface area contributed by atoms with Crippen LogP contribution in [0.2, 0.25) is 0 Å². The van der Waals surface area contributed by atoms with Gasteiger partial charge in [0.05, 0.1) is 6.54 Å². The first-order chi connectivity index (χ1) is 13.4. The fourth-order valence-electron chi connectivity index (χ4n) is 3.63. The van der Waals surface area contributed by atoms with Gasteiger partial charge in [0.25, 0.3) is 5.56 Å². The van der Waals surface area contributed by atoms with E-state index < -0.39 is 0 Å². The molecule has 0 unspecified atom stereocenters. The Kier molecular flexibility index (Phi) is 4.30. The molecular formula is C21H23N5O2. The molecule has 0 amide bonds. The second-order valence-electron chi connectivity index (χ2n) is 7.30. The number of nitrogens with zero attached hydrogens (tertiary/aromatic N) is 5. The van der Waals surface area contributed by atoms with Crippen molar-refractivity contribution in [3.63, 3.8) is 0 Å². The van der Waals surface area contributed by atoms with Crippen LogP contribution in [0.3, 0.4) is 0 Å². The minimum Gasteiger partial charge on any atom is -0.314 e. The summed E-state index contributed by atoms with van der Waals surface area (Å²) < 4.78 is 6.53. The first-order valence-electron chi connectivity index (χ1n) is 9.24. The van der Waals surface area contributed by atoms with E-state index in [4.69, 9.17) is 0 Å². The van der Waals surface area contributed by atoms with Crippen molar-refractivity contribution in [1.29, 1.82) is 0 Å². The fourth-order valence-corrected chi connectivity index (χ4v) is 3.63. The summed E-state index contributed by atoms with van der Waals surface area (Å²) in [7, 11) is 1.65. The highest BCUT2D eigenvalue weighted by Gasteiger charge is 2.20. The molecule has 0 radical (unpaired) electrons. The number of benzene rings is 1. The topological polar surface area (TPSA) is 66.2 Å². The molecule has 0 saturated carbocycles. The molecule has 0 fully saturated rings. The maximum absolute atomic E-state index is 13.1. The fraction of sp³-hybridized carbons (Fsp3) is 0.286. The first-order valence-corrected chi connectivity index (χ1v) is 9.24. The van der Waals surface area contributed by atoms with Gasteiger partial charge in [0.1, 0.15) is 0 Å². The van der Waals surface area contributed by atoms with Crippen molar-refractivity contribution in [3.8, 4) is 0 Å². The minimum absolute atomic E-state index is 0.197. The molecule has 4 aromatic rings. The number of imidazole rings is 2. The Labute approximate surface area is 161 Å². The molecule has 7 nitrogen and oxygen atoms in total. The average molecular weight is 377 g/mol. The van der Waals surface area contributed by atoms with Crippen LogP contribution in [-0.2, 0) is 26.6 Å². The molecule has 7 heteroatoms. The Balaban J connectivity index is 1.90. The van der Waals surface area contributed by atoms with E-state index in [-0.39, 0.29) is 17.8 Å². The highest BCUT2D eigenvalue weighted by molar-refractivity contribution is 5.75. The van der Waals surface area contributed by atoms with Crippen LogP contribution < -0.4 is 11.2 Å². The van der Waals surface area contributed by atoms with Crippen molar-refractivity contribution in [2.45, 2.75) is 33.4 Å². The predicted molar refractivity (Wildman–Crippen MR) is 110 cm³/mol. The summed E-state index contributed by atoms with van der Waals surface area (Å²) in [5.41, 5.74) is 3.09. The number of aryl methyl sites for hydroxylation is 4. The van der Waals surface area contributed by atoms with Crippen molar-refractivity contribution in [1.82, 2.24) is 23.1 Å². The monoisotopic (exact) mass is 377 g/mol. The standard InChI is InChI=1S/C21H23N5O2/c1-14(2)12-26-19(27)17-18(23(4)21(26)28)22-20-24(15(3)13-25(17)20)11-10-16-8-6-5-7-9-16/h5-9,13H,1,10-12H2,2-4H3. The molecule has 28 heavy (non-hydrogen) atoms. The average Bonchev–Trinajstić information content (AvgIpc) is 3.17. The largest absolute Gasteiger partial charge is 0.332 e. The number of fused-ring (bicyclic) bond motifs is 3. The molecule has 1 aromatic carbocycles. The van der Waals surface area contributed by atoms with Crippen LogP contribution in [0.4, 0.5) is 0 Å². The Morgan fingerprint density at radius 3 is 2.54 bits per heavy atom. The van der Waals surface area contributed by atoms with Crippen LogP contribution in [0, 0.1) is 6.92 Å². The van der Waals surface area contributed by atoms with Gasteiger partial charge in [-0.2, -0.15) is 4.98 Å². The van der Waals surface area contributed by atoms with Crippen molar-refractivity contribution >= 4 is 16.9 Å². The van der Waals surface area contributed by atoms with Gasteiger partial charge in [-0.25, -0.2) is 4.79 Å². The van der Waals surface area contributed by atoms with Gasteiger partial charge in [-0.15, -0.1) is 0 Å². The Hall–Kier alpha value is -3.35. The molecule has 0 aliphatic heterocycles. The number of hydrogen-bond acceptors (Lipinski definition) is 3. The third-order valence-corrected chi connectivity index (χ3v) is 5.04. The molecule has 0 spiro atoms. The van der Waals surface area contributed by atoms with E-state index in [0.717, 1.165) is 24.2 Å². The normalized spacial score (nSPS) is 11.5. The van der Waals surface area contributed by atoms with Crippen LogP contribution in [0.5, 0.6) is 0 Å². The second kappa shape index (κ2) is 6.67. The van der Waals surface area contributed by atoms with Crippen LogP contribution in [0.25, 0.3) is 16.9 Å². The zero-order chi connectivity index (χ0) is 20.0. The van der Waals surface area contributed by atoms with Gasteiger partial charge in [0.2, 0.25) is 5.78 Å². The Morgan fingerprint density at radius 1 is 1.14 bits per heavy atom. The smallest absolute Gasteiger partial charge is 0.314 e. The summed E-state index contributed by atoms with van der Waals surface area (Å²) in [5, 5.41) is 0. The van der Waals surface area contributed by atoms with Gasteiger partial charge >= 0.3 is 5.69 Å². The van der Waals surface area contributed by atoms with E-state index in [2.05, 4.69) is 28.3 Å². The van der Waals surface area contributed by atoms with Crippen LogP contribution in [0.15, 0.2) is 58.3 Å². The Morgan fingerprint density at radius 2 is 1.86 bits per heavy atom. The molecule has 3 heterocycles. The highest BCUT2D eigenvalue weighted by Crippen LogP contribution is 2.17. The quantitative estimate of drug-likeness (QED) is 0.501. The third kappa shape index (κ3) is 2.79. The highest BCUT2D eigenvalue weighted by atomic mass is 16.2. The summed E-state index contributed by atoms with van der Waals surface area (Å²) in [6.45, 7) is 8.56. The van der Waals surface area contributed by atoms with E-state index >= 15 is 0 Å². The maximum atomic E-state index is 13.1. The van der Waals surface area contributed by atoms with E-state index in [1.165, 1.54) is 14.7 Å². The van der Waals surface area contributed by atoms with E-state index in [1.54, 1.807) is 18.4 Å². The lowest BCUT2D eigenvalue weighted by Crippen LogP contribution is -2.39. The van der Waals surface area contributed by atoms with Crippen molar-refractivity contribution in [3.05, 3.63) is 80.8 Å². The van der Waals surface area contributed by atoms with Gasteiger partial charge in [0.15, 0.2) is 11.2 Å². The zero-order valence-corrected chi connectivity index (χ0v) is 16.3. The summed E-state index contributed by atoms with van der Waals surface area (Å²) >= 11 is 0. The van der Waals surface area contributed by atoms with Crippen LogP contribution >= 0.6 is 0 Å². The SMILES string of the molecule is C=C(C)Cn1c(=O)c2c(nc3n(CCc4ccccc4)c(C)cn23)n(C)c1=O. The van der Waals surface area contributed by atoms with E-state index in [0.29, 0.717) is 16.9 Å². The number of rotatable bonds is 5. The number of hydrogen-bond donors (Lipinski definition) is 0. The molecule has 144 valence electrons. The van der Waals surface area contributed by atoms with Crippen molar-refractivity contribution in [2.24, 2.45) is 7.05 Å². The molecule has 3 aromatic heterocycles. The summed E-state index contributed by atoms with van der Waals surface area (Å²) in [5.74, 6) is 0.670. The molecule has 0 saturated heterocycles. The van der Waals surface area contributed by atoms with E-state index in [9.17, 15) is 9.59 Å². The lowest BCUT2D eigenvalue weighted by Gasteiger charge is -2.07. The van der Waals surface area contributed by atoms with Crippen molar-refractivity contribution in [2.75, 3.05) is 0 Å². The lowest BCUT2D eigenvalue weighted by molar-refractivity contribution is 0.650. The van der Waals surface area contributed by atoms with Gasteiger partial charge < -0.3 is 4.57 Å². The Bertz CT molecular complexity index is 1320. The molecule has 0 aliphatic carbocycles. The molecule has 4 rings (SSSR count). The molecule has 0 atom stereocenters. The maximum Gasteiger partial charge on any atom is 0.332 e. The van der Waals surface area contributed by atoms with Gasteiger partial charge in [-0.3, -0.25) is 18.3 Å². The van der Waals surface area contributed by atoms with Gasteiger partial charge in [-0.05, 0) is 25.8 Å². The first kappa shape index (κ1) is 18.0. The lowest BCUT2D eigenvalue weighted by atomic mass is 10.1. The van der Waals surface area contributed by atoms with E-state index in [1.807, 2.05) is 31.3 Å². The minimum atomic E-state index is -0.381. The van der Waals surface area contributed by atoms with Gasteiger partial charge in [0, 0.05) is 25.5 Å². The summed E-state index contributed by atoms with van der Waals surface area (Å²) in [6, 6.07) is 10.2. The van der Waals surface area contributed by atoms with Gasteiger partial charge in [-0.1, -0.05) is 42.5 Å². The third-order valence-electron chi connectivity index (χ3n) is 5.04. The number of allylic oxidation sites excluding steroid dienone is 1. The van der Waals surface area contributed by atoms with Crippen molar-refractivity contribution < 1.29 is 0 Å². The summed E-state index contributed by atoms with van der Waals surface area (Å²) in [6.07, 6.45) is 2.76. The molecular weight excluding hydrogens is 354 g/mol. The molecule has 0 bridgehead atoms. The zero-order valence-electron chi connectivity index (χ0n) is 16.3. The number of aromatic nitrogens is 5. The van der Waals surface area contributed by atoms with Crippen LogP contribution in [0.1, 0.15) is 18.2 Å². The van der Waals surface area contributed by atoms with Crippen LogP contribution in [-0.4, -0.2) is 23.1 Å². The summed E-state index contributed by atoms with van der Waals surface area (Å²) in [4.78, 5) is 30.3. The molecule has 0 N–H and O–H groups in total. The predicted octanol–water partition coefficient (Wildman–Crippen LogP) is 2.28. The second-order valence-corrected chi connectivity index (χ2v) is 7.30. The molecule has 0 aliphatic rings.